The predicted octanol–water partition coefficient (Wildman–Crippen LogP) is 5.67. The second-order valence-corrected chi connectivity index (χ2v) is 14.7. The molecule has 4 rings (SSSR count). The van der Waals surface area contributed by atoms with Gasteiger partial charge in [0.15, 0.2) is 0 Å². The van der Waals surface area contributed by atoms with Gasteiger partial charge in [-0.3, -0.25) is 0 Å². The Morgan fingerprint density at radius 3 is 1.55 bits per heavy atom. The molecule has 4 aromatic rings. The van der Waals surface area contributed by atoms with Gasteiger partial charge in [0.05, 0.1) is 0 Å². The standard InChI is InChI=1S/C29H28IS3/c1-3-31-29(32-4-2,23-15-19-26(20-16-23)30-25-11-7-5-8-12-25)24-17-21-28(22-18-24)33-27-13-9-6-10-14-27/h5-22H,3-4H2,1-2H3/q-1. The predicted molar refractivity (Wildman–Crippen MR) is 144 cm³/mol. The molecule has 0 radical (unpaired) electrons. The Bertz CT molecular complexity index is 1020. The van der Waals surface area contributed by atoms with Crippen LogP contribution in [0.1, 0.15) is 25.0 Å². The van der Waals surface area contributed by atoms with Gasteiger partial charge in [-0.25, -0.2) is 0 Å². The monoisotopic (exact) mass is 599 g/mol. The van der Waals surface area contributed by atoms with Crippen molar-refractivity contribution in [2.24, 2.45) is 0 Å². The normalized spacial score (nSPS) is 11.6. The average Bonchev–Trinajstić information content (AvgIpc) is 2.86. The summed E-state index contributed by atoms with van der Waals surface area (Å²) in [7, 11) is 0. The van der Waals surface area contributed by atoms with Gasteiger partial charge in [-0.1, -0.05) is 18.2 Å². The number of rotatable bonds is 10. The molecule has 0 aliphatic carbocycles. The van der Waals surface area contributed by atoms with Crippen LogP contribution in [0, 0.1) is 7.14 Å². The molecule has 0 bridgehead atoms. The van der Waals surface area contributed by atoms with Crippen LogP contribution in [0.25, 0.3) is 0 Å². The van der Waals surface area contributed by atoms with E-state index in [0.717, 1.165) is 11.5 Å². The van der Waals surface area contributed by atoms with Crippen LogP contribution in [-0.2, 0) is 4.08 Å². The molecule has 0 aliphatic rings. The van der Waals surface area contributed by atoms with E-state index < -0.39 is 0 Å². The van der Waals surface area contributed by atoms with Crippen molar-refractivity contribution in [3.05, 3.63) is 127 Å². The zero-order chi connectivity index (χ0) is 22.9. The molecule has 0 nitrogen and oxygen atoms in total. The van der Waals surface area contributed by atoms with Crippen molar-refractivity contribution in [3.63, 3.8) is 0 Å². The first-order valence-corrected chi connectivity index (χ1v) is 16.1. The fraction of sp³-hybridized carbons (Fsp3) is 0.172. The Balaban J connectivity index is 1.61. The van der Waals surface area contributed by atoms with Gasteiger partial charge in [0.2, 0.25) is 0 Å². The Kier molecular flexibility index (Phi) is 9.30. The Hall–Kier alpha value is -1.34. The second-order valence-electron chi connectivity index (χ2n) is 7.32. The average molecular weight is 600 g/mol. The molecular formula is C29H28IS3-. The number of halogens is 1. The first kappa shape index (κ1) is 24.8. The van der Waals surface area contributed by atoms with Gasteiger partial charge in [-0.15, -0.1) is 0 Å². The summed E-state index contributed by atoms with van der Waals surface area (Å²) in [5.41, 5.74) is 2.77. The summed E-state index contributed by atoms with van der Waals surface area (Å²) in [6, 6.07) is 40.2. The molecule has 170 valence electrons. The summed E-state index contributed by atoms with van der Waals surface area (Å²) in [6.07, 6.45) is 0. The van der Waals surface area contributed by atoms with E-state index in [-0.39, 0.29) is 25.3 Å². The van der Waals surface area contributed by atoms with E-state index in [0.29, 0.717) is 0 Å². The Morgan fingerprint density at radius 2 is 1.00 bits per heavy atom. The van der Waals surface area contributed by atoms with Gasteiger partial charge in [0.1, 0.15) is 0 Å². The van der Waals surface area contributed by atoms with Gasteiger partial charge >= 0.3 is 205 Å². The molecule has 0 amide bonds. The van der Waals surface area contributed by atoms with E-state index in [1.807, 2.05) is 35.3 Å². The molecule has 0 unspecified atom stereocenters. The van der Waals surface area contributed by atoms with E-state index in [1.54, 1.807) is 0 Å². The van der Waals surface area contributed by atoms with E-state index in [4.69, 9.17) is 0 Å². The molecule has 0 spiro atoms. The summed E-state index contributed by atoms with van der Waals surface area (Å²) in [6.45, 7) is 4.54. The topological polar surface area (TPSA) is 0 Å². The molecule has 0 fully saturated rings. The van der Waals surface area contributed by atoms with Crippen LogP contribution in [0.2, 0.25) is 0 Å². The van der Waals surface area contributed by atoms with Crippen molar-refractivity contribution in [2.75, 3.05) is 11.5 Å². The number of hydrogen-bond donors (Lipinski definition) is 0. The van der Waals surface area contributed by atoms with Crippen LogP contribution >= 0.6 is 35.3 Å². The quantitative estimate of drug-likeness (QED) is 0.170. The summed E-state index contributed by atoms with van der Waals surface area (Å²) in [5, 5.41) is 0. The minimum absolute atomic E-state index is 0.0803. The zero-order valence-electron chi connectivity index (χ0n) is 18.9. The summed E-state index contributed by atoms with van der Waals surface area (Å²) < 4.78 is 2.85. The van der Waals surface area contributed by atoms with E-state index in [9.17, 15) is 0 Å². The van der Waals surface area contributed by atoms with Crippen molar-refractivity contribution in [3.8, 4) is 0 Å². The third-order valence-electron chi connectivity index (χ3n) is 5.08. The molecular weight excluding hydrogens is 571 g/mol. The molecule has 0 atom stereocenters. The number of benzene rings is 4. The van der Waals surface area contributed by atoms with Gasteiger partial charge in [0, 0.05) is 0 Å². The molecule has 4 heteroatoms. The molecule has 0 aromatic heterocycles. The summed E-state index contributed by atoms with van der Waals surface area (Å²) in [5.74, 6) is 2.15. The van der Waals surface area contributed by atoms with Crippen molar-refractivity contribution < 1.29 is 21.2 Å². The van der Waals surface area contributed by atoms with Crippen molar-refractivity contribution in [2.45, 2.75) is 27.7 Å². The molecule has 0 N–H and O–H groups in total. The van der Waals surface area contributed by atoms with Crippen LogP contribution in [-0.4, -0.2) is 11.5 Å². The van der Waals surface area contributed by atoms with E-state index in [1.165, 1.54) is 28.1 Å². The van der Waals surface area contributed by atoms with E-state index in [2.05, 4.69) is 123 Å². The van der Waals surface area contributed by atoms with Crippen molar-refractivity contribution >= 4 is 35.3 Å². The van der Waals surface area contributed by atoms with Crippen LogP contribution in [0.5, 0.6) is 0 Å². The minimum atomic E-state index is -0.138. The fourth-order valence-electron chi connectivity index (χ4n) is 3.65. The first-order valence-electron chi connectivity index (χ1n) is 11.2. The molecule has 0 heterocycles. The number of hydrogen-bond acceptors (Lipinski definition) is 3. The maximum atomic E-state index is 2.37. The van der Waals surface area contributed by atoms with Crippen LogP contribution in [0.3, 0.4) is 0 Å². The SMILES string of the molecule is CCSC(SCC)(c1ccc(Sc2ccccc2)cc1)c1ccc([I-]c2ccccc2)cc1. The van der Waals surface area contributed by atoms with Gasteiger partial charge in [-0.2, -0.15) is 0 Å². The van der Waals surface area contributed by atoms with E-state index >= 15 is 0 Å². The Morgan fingerprint density at radius 1 is 0.545 bits per heavy atom. The van der Waals surface area contributed by atoms with Crippen molar-refractivity contribution in [1.82, 2.24) is 0 Å². The first-order chi connectivity index (χ1) is 16.2. The van der Waals surface area contributed by atoms with Gasteiger partial charge in [0.25, 0.3) is 0 Å². The van der Waals surface area contributed by atoms with Crippen LogP contribution < -0.4 is 21.2 Å². The molecule has 0 saturated carbocycles. The van der Waals surface area contributed by atoms with Crippen LogP contribution in [0.15, 0.2) is 119 Å². The van der Waals surface area contributed by atoms with Crippen LogP contribution in [0.4, 0.5) is 0 Å². The molecule has 33 heavy (non-hydrogen) atoms. The third-order valence-corrected chi connectivity index (χ3v) is 11.8. The molecule has 4 aromatic carbocycles. The summed E-state index contributed by atoms with van der Waals surface area (Å²) in [4.78, 5) is 2.56. The second kappa shape index (κ2) is 12.4. The maximum absolute atomic E-state index is 2.37. The van der Waals surface area contributed by atoms with Crippen molar-refractivity contribution in [1.29, 1.82) is 0 Å². The zero-order valence-corrected chi connectivity index (χ0v) is 23.5. The summed E-state index contributed by atoms with van der Waals surface area (Å²) >= 11 is 5.76. The fourth-order valence-corrected chi connectivity index (χ4v) is 9.77. The van der Waals surface area contributed by atoms with Gasteiger partial charge < -0.3 is 0 Å². The third kappa shape index (κ3) is 6.41. The Labute approximate surface area is 221 Å². The molecule has 0 saturated heterocycles. The van der Waals surface area contributed by atoms with Gasteiger partial charge in [-0.05, 0) is 0 Å². The number of thioether (sulfide) groups is 2. The molecule has 0 aliphatic heterocycles.